The first kappa shape index (κ1) is 14.8. The van der Waals surface area contributed by atoms with Crippen molar-refractivity contribution in [2.24, 2.45) is 11.7 Å². The van der Waals surface area contributed by atoms with Crippen LogP contribution in [-0.4, -0.2) is 35.1 Å². The van der Waals surface area contributed by atoms with E-state index in [1.807, 2.05) is 26.8 Å². The number of nitrogens with two attached hydrogens (primary N) is 1. The van der Waals surface area contributed by atoms with Gasteiger partial charge < -0.3 is 15.7 Å². The molecule has 1 aliphatic rings. The van der Waals surface area contributed by atoms with Crippen LogP contribution in [0.2, 0.25) is 0 Å². The lowest BCUT2D eigenvalue weighted by molar-refractivity contribution is 0.110. The first-order valence-electron chi connectivity index (χ1n) is 7.15. The molecule has 20 heavy (non-hydrogen) atoms. The van der Waals surface area contributed by atoms with E-state index in [4.69, 9.17) is 11.1 Å². The molecule has 0 aromatic carbocycles. The topological polar surface area (TPSA) is 86.2 Å². The highest BCUT2D eigenvalue weighted by molar-refractivity contribution is 6.01. The van der Waals surface area contributed by atoms with Crippen molar-refractivity contribution in [3.63, 3.8) is 0 Å². The molecule has 1 atom stereocenters. The molecule has 2 heterocycles. The van der Waals surface area contributed by atoms with Gasteiger partial charge in [0.05, 0.1) is 11.7 Å². The fraction of sp³-hybridized carbons (Fsp3) is 0.600. The van der Waals surface area contributed by atoms with E-state index in [9.17, 15) is 5.11 Å². The second kappa shape index (κ2) is 5.79. The third kappa shape index (κ3) is 2.93. The first-order valence-corrected chi connectivity index (χ1v) is 7.15. The van der Waals surface area contributed by atoms with Gasteiger partial charge in [0.25, 0.3) is 0 Å². The lowest BCUT2D eigenvalue weighted by Gasteiger charge is -2.35. The molecule has 1 aromatic heterocycles. The Labute approximate surface area is 120 Å². The van der Waals surface area contributed by atoms with Gasteiger partial charge in [0.15, 0.2) is 0 Å². The molecule has 0 saturated carbocycles. The Balaban J connectivity index is 2.27. The van der Waals surface area contributed by atoms with Crippen LogP contribution in [0.15, 0.2) is 6.07 Å². The maximum atomic E-state index is 9.68. The molecule has 5 nitrogen and oxygen atoms in total. The number of hydrogen-bond donors (Lipinski definition) is 3. The van der Waals surface area contributed by atoms with Crippen LogP contribution in [0.3, 0.4) is 0 Å². The number of piperidine rings is 1. The number of aliphatic hydroxyl groups excluding tert-OH is 1. The van der Waals surface area contributed by atoms with E-state index in [0.29, 0.717) is 5.92 Å². The summed E-state index contributed by atoms with van der Waals surface area (Å²) in [4.78, 5) is 6.78. The second-order valence-electron chi connectivity index (χ2n) is 5.76. The van der Waals surface area contributed by atoms with Crippen LogP contribution in [-0.2, 0) is 0 Å². The van der Waals surface area contributed by atoms with Gasteiger partial charge >= 0.3 is 0 Å². The summed E-state index contributed by atoms with van der Waals surface area (Å²) in [5.41, 5.74) is 8.41. The average molecular weight is 276 g/mol. The van der Waals surface area contributed by atoms with Crippen molar-refractivity contribution >= 4 is 11.7 Å². The molecule has 1 aromatic rings. The minimum atomic E-state index is -0.253. The number of nitrogen functional groups attached to an aromatic ring is 1. The second-order valence-corrected chi connectivity index (χ2v) is 5.76. The fourth-order valence-electron chi connectivity index (χ4n) is 2.97. The number of nitrogens with zero attached hydrogens (tertiary/aromatic N) is 2. The maximum absolute atomic E-state index is 9.68. The molecule has 0 aliphatic carbocycles. The number of anilines is 1. The molecule has 5 heteroatoms. The SMILES string of the molecule is Cc1cc(C)c(C(=N)N)c(N2CCC(C(C)O)CC2)n1. The summed E-state index contributed by atoms with van der Waals surface area (Å²) in [6.45, 7) is 7.49. The Bertz CT molecular complexity index is 505. The predicted molar refractivity (Wildman–Crippen MR) is 81.3 cm³/mol. The molecule has 0 bridgehead atoms. The molecule has 1 saturated heterocycles. The van der Waals surface area contributed by atoms with Gasteiger partial charge in [0, 0.05) is 18.8 Å². The summed E-state index contributed by atoms with van der Waals surface area (Å²) >= 11 is 0. The van der Waals surface area contributed by atoms with E-state index >= 15 is 0 Å². The summed E-state index contributed by atoms with van der Waals surface area (Å²) in [6.07, 6.45) is 1.64. The van der Waals surface area contributed by atoms with E-state index in [0.717, 1.165) is 48.6 Å². The molecular weight excluding hydrogens is 252 g/mol. The monoisotopic (exact) mass is 276 g/mol. The Hall–Kier alpha value is -1.62. The van der Waals surface area contributed by atoms with Crippen LogP contribution >= 0.6 is 0 Å². The number of pyridine rings is 1. The van der Waals surface area contributed by atoms with Gasteiger partial charge in [0.1, 0.15) is 11.7 Å². The zero-order valence-electron chi connectivity index (χ0n) is 12.5. The van der Waals surface area contributed by atoms with Gasteiger partial charge in [0.2, 0.25) is 0 Å². The van der Waals surface area contributed by atoms with Gasteiger partial charge in [-0.15, -0.1) is 0 Å². The highest BCUT2D eigenvalue weighted by Gasteiger charge is 2.25. The summed E-state index contributed by atoms with van der Waals surface area (Å²) < 4.78 is 0. The minimum Gasteiger partial charge on any atom is -0.393 e. The zero-order chi connectivity index (χ0) is 14.9. The lowest BCUT2D eigenvalue weighted by Crippen LogP contribution is -2.38. The molecule has 4 N–H and O–H groups in total. The summed E-state index contributed by atoms with van der Waals surface area (Å²) in [5.74, 6) is 1.25. The van der Waals surface area contributed by atoms with Gasteiger partial charge in [-0.25, -0.2) is 4.98 Å². The maximum Gasteiger partial charge on any atom is 0.140 e. The Morgan fingerprint density at radius 1 is 1.45 bits per heavy atom. The number of hydrogen-bond acceptors (Lipinski definition) is 4. The van der Waals surface area contributed by atoms with Crippen molar-refractivity contribution in [3.05, 3.63) is 22.9 Å². The third-order valence-electron chi connectivity index (χ3n) is 4.12. The quantitative estimate of drug-likeness (QED) is 0.578. The van der Waals surface area contributed by atoms with Crippen molar-refractivity contribution in [2.75, 3.05) is 18.0 Å². The van der Waals surface area contributed by atoms with Gasteiger partial charge in [-0.3, -0.25) is 5.41 Å². The Morgan fingerprint density at radius 3 is 2.55 bits per heavy atom. The minimum absolute atomic E-state index is 0.0719. The number of amidine groups is 1. The third-order valence-corrected chi connectivity index (χ3v) is 4.12. The van der Waals surface area contributed by atoms with Gasteiger partial charge in [-0.05, 0) is 51.2 Å². The smallest absolute Gasteiger partial charge is 0.140 e. The molecule has 1 unspecified atom stereocenters. The molecule has 0 spiro atoms. The summed E-state index contributed by atoms with van der Waals surface area (Å²) in [6, 6.07) is 1.96. The predicted octanol–water partition coefficient (Wildman–Crippen LogP) is 1.58. The van der Waals surface area contributed by atoms with Crippen LogP contribution in [0.5, 0.6) is 0 Å². The highest BCUT2D eigenvalue weighted by Crippen LogP contribution is 2.28. The van der Waals surface area contributed by atoms with Crippen LogP contribution in [0.4, 0.5) is 5.82 Å². The summed E-state index contributed by atoms with van der Waals surface area (Å²) in [5, 5.41) is 17.5. The van der Waals surface area contributed by atoms with Crippen molar-refractivity contribution in [2.45, 2.75) is 39.7 Å². The molecule has 0 amide bonds. The Morgan fingerprint density at radius 2 is 2.05 bits per heavy atom. The average Bonchev–Trinajstić information content (AvgIpc) is 2.37. The molecule has 1 fully saturated rings. The Kier molecular flexibility index (Phi) is 4.28. The van der Waals surface area contributed by atoms with Crippen molar-refractivity contribution < 1.29 is 5.11 Å². The van der Waals surface area contributed by atoms with Crippen LogP contribution in [0.1, 0.15) is 36.6 Å². The van der Waals surface area contributed by atoms with Crippen LogP contribution in [0.25, 0.3) is 0 Å². The van der Waals surface area contributed by atoms with E-state index in [1.165, 1.54) is 0 Å². The molecule has 1 aliphatic heterocycles. The lowest BCUT2D eigenvalue weighted by atomic mass is 9.92. The van der Waals surface area contributed by atoms with Crippen molar-refractivity contribution in [1.29, 1.82) is 5.41 Å². The molecule has 110 valence electrons. The van der Waals surface area contributed by atoms with E-state index < -0.39 is 0 Å². The van der Waals surface area contributed by atoms with E-state index in [1.54, 1.807) is 0 Å². The number of aromatic nitrogens is 1. The van der Waals surface area contributed by atoms with E-state index in [2.05, 4.69) is 9.88 Å². The molecule has 2 rings (SSSR count). The van der Waals surface area contributed by atoms with E-state index in [-0.39, 0.29) is 11.9 Å². The molecule has 0 radical (unpaired) electrons. The first-order chi connectivity index (χ1) is 9.40. The highest BCUT2D eigenvalue weighted by atomic mass is 16.3. The standard InChI is InChI=1S/C15H24N4O/c1-9-8-10(2)18-15(13(9)14(16)17)19-6-4-12(5-7-19)11(3)20/h8,11-12,20H,4-7H2,1-3H3,(H3,16,17). The fourth-order valence-corrected chi connectivity index (χ4v) is 2.97. The largest absolute Gasteiger partial charge is 0.393 e. The summed E-state index contributed by atoms with van der Waals surface area (Å²) in [7, 11) is 0. The molecular formula is C15H24N4O. The number of aliphatic hydroxyl groups is 1. The van der Waals surface area contributed by atoms with Crippen molar-refractivity contribution in [3.8, 4) is 0 Å². The number of aryl methyl sites for hydroxylation is 2. The van der Waals surface area contributed by atoms with Crippen LogP contribution < -0.4 is 10.6 Å². The number of nitrogens with one attached hydrogen (secondary N) is 1. The normalized spacial score (nSPS) is 18.1. The van der Waals surface area contributed by atoms with Gasteiger partial charge in [-0.2, -0.15) is 0 Å². The number of rotatable bonds is 3. The zero-order valence-corrected chi connectivity index (χ0v) is 12.5. The van der Waals surface area contributed by atoms with Crippen molar-refractivity contribution in [1.82, 2.24) is 4.98 Å². The van der Waals surface area contributed by atoms with Crippen LogP contribution in [0, 0.1) is 25.2 Å². The van der Waals surface area contributed by atoms with Gasteiger partial charge in [-0.1, -0.05) is 0 Å².